The summed E-state index contributed by atoms with van der Waals surface area (Å²) in [5.41, 5.74) is 5.59. The summed E-state index contributed by atoms with van der Waals surface area (Å²) in [7, 11) is 0. The van der Waals surface area contributed by atoms with Gasteiger partial charge in [-0.1, -0.05) is 11.3 Å². The Labute approximate surface area is 96.6 Å². The van der Waals surface area contributed by atoms with Crippen LogP contribution >= 0.6 is 11.3 Å². The summed E-state index contributed by atoms with van der Waals surface area (Å²) < 4.78 is 4.83. The van der Waals surface area contributed by atoms with E-state index in [1.54, 1.807) is 6.92 Å². The zero-order valence-corrected chi connectivity index (χ0v) is 9.67. The van der Waals surface area contributed by atoms with Crippen molar-refractivity contribution in [3.63, 3.8) is 0 Å². The zero-order chi connectivity index (χ0) is 11.7. The first-order valence-electron chi connectivity index (χ1n) is 5.11. The number of nitrogens with two attached hydrogens (primary N) is 1. The minimum Gasteiger partial charge on any atom is -0.461 e. The van der Waals surface area contributed by atoms with Crippen LogP contribution in [-0.2, 0) is 4.74 Å². The molecule has 0 spiro atoms. The Morgan fingerprint density at radius 3 is 2.81 bits per heavy atom. The Hall–Kier alpha value is -1.43. The highest BCUT2D eigenvalue weighted by molar-refractivity contribution is 7.17. The van der Waals surface area contributed by atoms with Crippen LogP contribution in [0.4, 0.5) is 5.13 Å². The summed E-state index contributed by atoms with van der Waals surface area (Å²) >= 11 is 1.06. The minimum absolute atomic E-state index is 0.0303. The Morgan fingerprint density at radius 1 is 1.56 bits per heavy atom. The highest BCUT2D eigenvalue weighted by Crippen LogP contribution is 2.36. The number of carbonyl (C=O) groups excluding carboxylic acids is 2. The number of Topliss-reactive ketones (excluding diaryl/α,β-unsaturated/α-hetero) is 1. The van der Waals surface area contributed by atoms with Gasteiger partial charge in [-0.25, -0.2) is 9.78 Å². The fourth-order valence-electron chi connectivity index (χ4n) is 1.37. The summed E-state index contributed by atoms with van der Waals surface area (Å²) in [6.07, 6.45) is 1.78. The van der Waals surface area contributed by atoms with Crippen LogP contribution in [-0.4, -0.2) is 23.3 Å². The van der Waals surface area contributed by atoms with Crippen LogP contribution in [0.2, 0.25) is 0 Å². The van der Waals surface area contributed by atoms with Crippen molar-refractivity contribution in [2.75, 3.05) is 12.3 Å². The molecule has 2 N–H and O–H groups in total. The number of hydrogen-bond donors (Lipinski definition) is 1. The maximum absolute atomic E-state index is 11.9. The summed E-state index contributed by atoms with van der Waals surface area (Å²) in [6, 6.07) is 0. The lowest BCUT2D eigenvalue weighted by molar-refractivity contribution is 0.0517. The van der Waals surface area contributed by atoms with Crippen molar-refractivity contribution in [2.24, 2.45) is 5.92 Å². The monoisotopic (exact) mass is 240 g/mol. The number of aromatic nitrogens is 1. The van der Waals surface area contributed by atoms with Crippen LogP contribution < -0.4 is 5.73 Å². The molecule has 1 heterocycles. The Bertz CT molecular complexity index is 437. The zero-order valence-electron chi connectivity index (χ0n) is 8.86. The molecule has 1 aromatic rings. The van der Waals surface area contributed by atoms with Crippen molar-refractivity contribution in [2.45, 2.75) is 19.8 Å². The molecule has 0 aliphatic heterocycles. The third-order valence-electron chi connectivity index (χ3n) is 2.28. The normalized spacial score (nSPS) is 14.8. The van der Waals surface area contributed by atoms with Gasteiger partial charge in [0.1, 0.15) is 4.88 Å². The number of esters is 1. The van der Waals surface area contributed by atoms with Gasteiger partial charge < -0.3 is 10.5 Å². The molecule has 86 valence electrons. The van der Waals surface area contributed by atoms with Gasteiger partial charge in [-0.2, -0.15) is 0 Å². The third kappa shape index (κ3) is 2.06. The maximum Gasteiger partial charge on any atom is 0.358 e. The molecule has 1 aliphatic carbocycles. The summed E-state index contributed by atoms with van der Waals surface area (Å²) in [6.45, 7) is 1.96. The van der Waals surface area contributed by atoms with Crippen LogP contribution in [0.5, 0.6) is 0 Å². The number of rotatable bonds is 4. The number of anilines is 1. The smallest absolute Gasteiger partial charge is 0.358 e. The lowest BCUT2D eigenvalue weighted by Gasteiger charge is -2.00. The van der Waals surface area contributed by atoms with E-state index in [0.29, 0.717) is 4.88 Å². The van der Waals surface area contributed by atoms with E-state index in [1.165, 1.54) is 0 Å². The molecule has 6 heteroatoms. The molecule has 0 saturated heterocycles. The van der Waals surface area contributed by atoms with Crippen molar-refractivity contribution in [3.05, 3.63) is 10.6 Å². The van der Waals surface area contributed by atoms with Crippen LogP contribution in [0.15, 0.2) is 0 Å². The molecule has 0 bridgehead atoms. The van der Waals surface area contributed by atoms with Gasteiger partial charge in [0.2, 0.25) is 0 Å². The number of ketones is 1. The molecule has 1 fully saturated rings. The number of thiazole rings is 1. The van der Waals surface area contributed by atoms with Gasteiger partial charge in [-0.05, 0) is 19.8 Å². The first-order valence-corrected chi connectivity index (χ1v) is 5.92. The Kier molecular flexibility index (Phi) is 2.91. The van der Waals surface area contributed by atoms with Crippen LogP contribution in [0.1, 0.15) is 39.9 Å². The summed E-state index contributed by atoms with van der Waals surface area (Å²) in [5, 5.41) is 0.229. The lowest BCUT2D eigenvalue weighted by atomic mass is 10.2. The van der Waals surface area contributed by atoms with Crippen molar-refractivity contribution >= 4 is 28.2 Å². The first kappa shape index (κ1) is 11.1. The third-order valence-corrected chi connectivity index (χ3v) is 3.18. The second-order valence-corrected chi connectivity index (χ2v) is 4.62. The molecular weight excluding hydrogens is 228 g/mol. The van der Waals surface area contributed by atoms with Gasteiger partial charge in [0.05, 0.1) is 6.61 Å². The van der Waals surface area contributed by atoms with Gasteiger partial charge in [0.25, 0.3) is 0 Å². The van der Waals surface area contributed by atoms with E-state index in [0.717, 1.165) is 24.2 Å². The minimum atomic E-state index is -0.570. The molecule has 0 amide bonds. The molecule has 0 unspecified atom stereocenters. The van der Waals surface area contributed by atoms with Crippen LogP contribution in [0.25, 0.3) is 0 Å². The number of hydrogen-bond acceptors (Lipinski definition) is 6. The maximum atomic E-state index is 11.9. The number of nitrogen functional groups attached to an aromatic ring is 1. The van der Waals surface area contributed by atoms with E-state index in [2.05, 4.69) is 4.98 Å². The molecule has 1 aliphatic rings. The topological polar surface area (TPSA) is 82.3 Å². The number of carbonyl (C=O) groups is 2. The van der Waals surface area contributed by atoms with Gasteiger partial charge >= 0.3 is 5.97 Å². The lowest BCUT2D eigenvalue weighted by Crippen LogP contribution is -2.11. The van der Waals surface area contributed by atoms with E-state index in [4.69, 9.17) is 10.5 Å². The van der Waals surface area contributed by atoms with Gasteiger partial charge in [0.15, 0.2) is 16.6 Å². The van der Waals surface area contributed by atoms with E-state index in [9.17, 15) is 9.59 Å². The van der Waals surface area contributed by atoms with E-state index >= 15 is 0 Å². The molecule has 16 heavy (non-hydrogen) atoms. The quantitative estimate of drug-likeness (QED) is 0.637. The van der Waals surface area contributed by atoms with Gasteiger partial charge in [-0.3, -0.25) is 4.79 Å². The first-order chi connectivity index (χ1) is 7.63. The van der Waals surface area contributed by atoms with Crippen LogP contribution in [0, 0.1) is 5.92 Å². The summed E-state index contributed by atoms with van der Waals surface area (Å²) in [4.78, 5) is 27.6. The van der Waals surface area contributed by atoms with Crippen molar-refractivity contribution in [1.29, 1.82) is 0 Å². The fraction of sp³-hybridized carbons (Fsp3) is 0.500. The van der Waals surface area contributed by atoms with Crippen molar-refractivity contribution in [1.82, 2.24) is 4.98 Å². The van der Waals surface area contributed by atoms with Crippen LogP contribution in [0.3, 0.4) is 0 Å². The van der Waals surface area contributed by atoms with Gasteiger partial charge in [-0.15, -0.1) is 0 Å². The predicted octanol–water partition coefficient (Wildman–Crippen LogP) is 1.49. The van der Waals surface area contributed by atoms with E-state index < -0.39 is 5.97 Å². The number of nitrogens with zero attached hydrogens (tertiary/aromatic N) is 1. The highest BCUT2D eigenvalue weighted by atomic mass is 32.1. The standard InChI is InChI=1S/C10H12N2O3S/c1-2-15-9(14)6-8(16-10(11)12-6)7(13)5-3-4-5/h5H,2-4H2,1H3,(H2,11,12). The second kappa shape index (κ2) is 4.21. The molecule has 0 radical (unpaired) electrons. The van der Waals surface area contributed by atoms with E-state index in [-0.39, 0.29) is 29.1 Å². The largest absolute Gasteiger partial charge is 0.461 e. The fourth-order valence-corrected chi connectivity index (χ4v) is 2.21. The molecule has 1 saturated carbocycles. The number of ether oxygens (including phenoxy) is 1. The van der Waals surface area contributed by atoms with E-state index in [1.807, 2.05) is 0 Å². The average molecular weight is 240 g/mol. The average Bonchev–Trinajstić information content (AvgIpc) is 3.01. The Morgan fingerprint density at radius 2 is 2.25 bits per heavy atom. The van der Waals surface area contributed by atoms with Gasteiger partial charge in [0, 0.05) is 5.92 Å². The summed E-state index contributed by atoms with van der Waals surface area (Å²) in [5.74, 6) is -0.551. The molecule has 2 rings (SSSR count). The SMILES string of the molecule is CCOC(=O)c1nc(N)sc1C(=O)C1CC1. The molecule has 5 nitrogen and oxygen atoms in total. The molecule has 0 atom stereocenters. The predicted molar refractivity (Wildman–Crippen MR) is 59.5 cm³/mol. The van der Waals surface area contributed by atoms with Crippen molar-refractivity contribution in [3.8, 4) is 0 Å². The Balaban J connectivity index is 2.29. The molecule has 0 aromatic carbocycles. The second-order valence-electron chi connectivity index (χ2n) is 3.59. The highest BCUT2D eigenvalue weighted by Gasteiger charge is 2.35. The molecular formula is C10H12N2O3S. The molecule has 1 aromatic heterocycles. The van der Waals surface area contributed by atoms with Crippen molar-refractivity contribution < 1.29 is 14.3 Å².